The first-order chi connectivity index (χ1) is 9.78. The largest absolute Gasteiger partial charge is 0.312 e. The monoisotopic (exact) mass is 286 g/mol. The molecule has 0 spiro atoms. The molecule has 0 atom stereocenters. The van der Waals surface area contributed by atoms with Crippen molar-refractivity contribution in [3.05, 3.63) is 40.4 Å². The molecule has 0 aliphatic heterocycles. The summed E-state index contributed by atoms with van der Waals surface area (Å²) in [6.07, 6.45) is 3.82. The summed E-state index contributed by atoms with van der Waals surface area (Å²) in [6, 6.07) is 8.67. The molecular formula is C17H22N2S. The van der Waals surface area contributed by atoms with Crippen LogP contribution in [0.3, 0.4) is 0 Å². The third-order valence-electron chi connectivity index (χ3n) is 3.67. The molecule has 0 bridgehead atoms. The lowest BCUT2D eigenvalue weighted by atomic mass is 10.1. The average Bonchev–Trinajstić information content (AvgIpc) is 3.20. The van der Waals surface area contributed by atoms with E-state index in [-0.39, 0.29) is 0 Å². The summed E-state index contributed by atoms with van der Waals surface area (Å²) in [5.74, 6) is 0.725. The number of aryl methyl sites for hydroxylation is 1. The molecule has 1 aliphatic rings. The topological polar surface area (TPSA) is 24.9 Å². The molecule has 1 saturated carbocycles. The third kappa shape index (κ3) is 3.10. The molecule has 0 unspecified atom stereocenters. The van der Waals surface area contributed by atoms with E-state index in [4.69, 9.17) is 4.98 Å². The number of hydrogen-bond donors (Lipinski definition) is 1. The quantitative estimate of drug-likeness (QED) is 0.791. The Morgan fingerprint density at radius 3 is 2.90 bits per heavy atom. The summed E-state index contributed by atoms with van der Waals surface area (Å²) in [7, 11) is 0. The van der Waals surface area contributed by atoms with Gasteiger partial charge in [-0.3, -0.25) is 0 Å². The average molecular weight is 286 g/mol. The zero-order valence-electron chi connectivity index (χ0n) is 12.3. The number of hydrogen-bond acceptors (Lipinski definition) is 3. The zero-order chi connectivity index (χ0) is 13.9. The molecule has 1 aliphatic carbocycles. The van der Waals surface area contributed by atoms with Crippen molar-refractivity contribution in [2.45, 2.75) is 45.6 Å². The highest BCUT2D eigenvalue weighted by atomic mass is 32.1. The van der Waals surface area contributed by atoms with Crippen molar-refractivity contribution >= 4 is 11.3 Å². The lowest BCUT2D eigenvalue weighted by Gasteiger charge is -2.01. The molecule has 1 aromatic heterocycles. The molecule has 106 valence electrons. The van der Waals surface area contributed by atoms with Crippen molar-refractivity contribution < 1.29 is 0 Å². The Labute approximate surface area is 125 Å². The van der Waals surface area contributed by atoms with Gasteiger partial charge >= 0.3 is 0 Å². The van der Waals surface area contributed by atoms with E-state index in [0.717, 1.165) is 19.0 Å². The van der Waals surface area contributed by atoms with Crippen LogP contribution in [0, 0.1) is 6.92 Å². The number of nitrogens with zero attached hydrogens (tertiary/aromatic N) is 1. The van der Waals surface area contributed by atoms with E-state index in [0.29, 0.717) is 0 Å². The second-order valence-electron chi connectivity index (χ2n) is 5.65. The maximum Gasteiger partial charge on any atom is 0.123 e. The predicted molar refractivity (Wildman–Crippen MR) is 86.3 cm³/mol. The molecule has 0 saturated heterocycles. The van der Waals surface area contributed by atoms with Gasteiger partial charge in [-0.05, 0) is 38.8 Å². The summed E-state index contributed by atoms with van der Waals surface area (Å²) < 4.78 is 0. The fraction of sp³-hybridized carbons (Fsp3) is 0.471. The van der Waals surface area contributed by atoms with E-state index in [9.17, 15) is 0 Å². The molecular weight excluding hydrogens is 264 g/mol. The van der Waals surface area contributed by atoms with Crippen LogP contribution < -0.4 is 5.32 Å². The summed E-state index contributed by atoms with van der Waals surface area (Å²) in [5.41, 5.74) is 3.92. The lowest BCUT2D eigenvalue weighted by Crippen LogP contribution is -2.13. The van der Waals surface area contributed by atoms with Crippen molar-refractivity contribution in [3.8, 4) is 10.6 Å². The van der Waals surface area contributed by atoms with Gasteiger partial charge in [-0.25, -0.2) is 4.98 Å². The van der Waals surface area contributed by atoms with E-state index in [1.165, 1.54) is 46.0 Å². The van der Waals surface area contributed by atoms with Crippen molar-refractivity contribution in [1.82, 2.24) is 10.3 Å². The van der Waals surface area contributed by atoms with Crippen molar-refractivity contribution in [1.29, 1.82) is 0 Å². The summed E-state index contributed by atoms with van der Waals surface area (Å²) in [5, 5.41) is 4.71. The van der Waals surface area contributed by atoms with Gasteiger partial charge in [0.25, 0.3) is 0 Å². The van der Waals surface area contributed by atoms with Crippen LogP contribution in [0.1, 0.15) is 48.2 Å². The van der Waals surface area contributed by atoms with Crippen LogP contribution in [0.15, 0.2) is 24.3 Å². The first-order valence-electron chi connectivity index (χ1n) is 7.55. The van der Waals surface area contributed by atoms with Gasteiger partial charge in [-0.15, -0.1) is 11.3 Å². The molecule has 0 amide bonds. The molecule has 1 N–H and O–H groups in total. The molecule has 2 nitrogen and oxygen atoms in total. The Balaban J connectivity index is 1.86. The van der Waals surface area contributed by atoms with Gasteiger partial charge in [0.1, 0.15) is 5.01 Å². The predicted octanol–water partition coefficient (Wildman–Crippen LogP) is 4.50. The Morgan fingerprint density at radius 1 is 1.35 bits per heavy atom. The second-order valence-corrected chi connectivity index (χ2v) is 6.73. The zero-order valence-corrected chi connectivity index (χ0v) is 13.1. The molecule has 3 heteroatoms. The Hall–Kier alpha value is -1.19. The maximum atomic E-state index is 4.94. The SMILES string of the molecule is CCCNCc1sc(-c2cccc(C)c2)nc1C1CC1. The highest BCUT2D eigenvalue weighted by Gasteiger charge is 2.29. The van der Waals surface area contributed by atoms with Crippen molar-refractivity contribution in [3.63, 3.8) is 0 Å². The number of benzene rings is 1. The van der Waals surface area contributed by atoms with Crippen LogP contribution in [0.5, 0.6) is 0 Å². The van der Waals surface area contributed by atoms with E-state index < -0.39 is 0 Å². The molecule has 1 heterocycles. The van der Waals surface area contributed by atoms with Crippen molar-refractivity contribution in [2.75, 3.05) is 6.54 Å². The fourth-order valence-electron chi connectivity index (χ4n) is 2.45. The molecule has 3 rings (SSSR count). The van der Waals surface area contributed by atoms with Crippen molar-refractivity contribution in [2.24, 2.45) is 0 Å². The van der Waals surface area contributed by atoms with Crippen LogP contribution in [-0.4, -0.2) is 11.5 Å². The highest BCUT2D eigenvalue weighted by molar-refractivity contribution is 7.15. The Kier molecular flexibility index (Phi) is 4.18. The molecule has 2 aromatic rings. The minimum absolute atomic E-state index is 0.725. The van der Waals surface area contributed by atoms with Gasteiger partial charge < -0.3 is 5.32 Å². The molecule has 0 radical (unpaired) electrons. The first kappa shape index (κ1) is 13.8. The first-order valence-corrected chi connectivity index (χ1v) is 8.37. The number of thiazole rings is 1. The van der Waals surface area contributed by atoms with Gasteiger partial charge in [0.2, 0.25) is 0 Å². The van der Waals surface area contributed by atoms with Crippen LogP contribution in [-0.2, 0) is 6.54 Å². The smallest absolute Gasteiger partial charge is 0.123 e. The Morgan fingerprint density at radius 2 is 2.20 bits per heavy atom. The second kappa shape index (κ2) is 6.06. The highest BCUT2D eigenvalue weighted by Crippen LogP contribution is 2.44. The minimum atomic E-state index is 0.725. The van der Waals surface area contributed by atoms with Gasteiger partial charge in [-0.2, -0.15) is 0 Å². The number of nitrogens with one attached hydrogen (secondary N) is 1. The third-order valence-corrected chi connectivity index (χ3v) is 4.79. The normalized spacial score (nSPS) is 14.7. The fourth-order valence-corrected chi connectivity index (χ4v) is 3.56. The van der Waals surface area contributed by atoms with Crippen LogP contribution in [0.4, 0.5) is 0 Å². The van der Waals surface area contributed by atoms with E-state index in [1.807, 2.05) is 11.3 Å². The van der Waals surface area contributed by atoms with Crippen LogP contribution >= 0.6 is 11.3 Å². The Bertz CT molecular complexity index is 584. The van der Waals surface area contributed by atoms with Crippen LogP contribution in [0.2, 0.25) is 0 Å². The number of rotatable bonds is 6. The van der Waals surface area contributed by atoms with Gasteiger partial charge in [0.05, 0.1) is 5.69 Å². The molecule has 1 aromatic carbocycles. The maximum absolute atomic E-state index is 4.94. The van der Waals surface area contributed by atoms with E-state index in [1.54, 1.807) is 0 Å². The molecule has 1 fully saturated rings. The van der Waals surface area contributed by atoms with Gasteiger partial charge in [0, 0.05) is 22.9 Å². The summed E-state index contributed by atoms with van der Waals surface area (Å²) in [6.45, 7) is 6.41. The summed E-state index contributed by atoms with van der Waals surface area (Å²) >= 11 is 1.87. The van der Waals surface area contributed by atoms with Gasteiger partial charge in [0.15, 0.2) is 0 Å². The minimum Gasteiger partial charge on any atom is -0.312 e. The van der Waals surface area contributed by atoms with Crippen LogP contribution in [0.25, 0.3) is 10.6 Å². The standard InChI is InChI=1S/C17H22N2S/c1-3-9-18-11-15-16(13-7-8-13)19-17(20-15)14-6-4-5-12(2)10-14/h4-6,10,13,18H,3,7-9,11H2,1-2H3. The van der Waals surface area contributed by atoms with Gasteiger partial charge in [-0.1, -0.05) is 30.7 Å². The lowest BCUT2D eigenvalue weighted by molar-refractivity contribution is 0.676. The summed E-state index contributed by atoms with van der Waals surface area (Å²) in [4.78, 5) is 6.38. The molecule has 20 heavy (non-hydrogen) atoms. The number of aromatic nitrogens is 1. The van der Waals surface area contributed by atoms with E-state index >= 15 is 0 Å². The van der Waals surface area contributed by atoms with E-state index in [2.05, 4.69) is 43.4 Å².